The predicted octanol–water partition coefficient (Wildman–Crippen LogP) is 0.613. The Bertz CT molecular complexity index is 460. The number of carbonyl (C=O) groups excluding carboxylic acids is 1. The van der Waals surface area contributed by atoms with Gasteiger partial charge < -0.3 is 10.1 Å². The molecule has 3 rings (SSSR count). The van der Waals surface area contributed by atoms with Gasteiger partial charge in [-0.2, -0.15) is 0 Å². The fourth-order valence-electron chi connectivity index (χ4n) is 2.53. The Kier molecular flexibility index (Phi) is 4.51. The molecule has 3 heterocycles. The first kappa shape index (κ1) is 13.8. The van der Waals surface area contributed by atoms with Crippen LogP contribution in [0.3, 0.4) is 0 Å². The van der Waals surface area contributed by atoms with Crippen molar-refractivity contribution in [1.82, 2.24) is 25.5 Å². The zero-order valence-corrected chi connectivity index (χ0v) is 12.1. The third kappa shape index (κ3) is 3.29. The lowest BCUT2D eigenvalue weighted by atomic mass is 10.2. The molecule has 1 aromatic heterocycles. The monoisotopic (exact) mass is 297 g/mol. The Morgan fingerprint density at radius 3 is 3.15 bits per heavy atom. The van der Waals surface area contributed by atoms with Gasteiger partial charge in [0.05, 0.1) is 17.9 Å². The maximum atomic E-state index is 12.0. The van der Waals surface area contributed by atoms with Crippen molar-refractivity contribution in [2.75, 3.05) is 13.2 Å². The van der Waals surface area contributed by atoms with Gasteiger partial charge in [-0.3, -0.25) is 4.79 Å². The molecule has 0 aliphatic carbocycles. The first-order chi connectivity index (χ1) is 9.83. The van der Waals surface area contributed by atoms with E-state index in [9.17, 15) is 4.79 Å². The van der Waals surface area contributed by atoms with Gasteiger partial charge in [0.1, 0.15) is 0 Å². The van der Waals surface area contributed by atoms with Crippen LogP contribution in [0.1, 0.15) is 32.1 Å². The summed E-state index contributed by atoms with van der Waals surface area (Å²) >= 11 is 1.46. The molecule has 1 N–H and O–H groups in total. The van der Waals surface area contributed by atoms with Gasteiger partial charge in [0, 0.05) is 13.2 Å². The largest absolute Gasteiger partial charge is 0.376 e. The third-order valence-corrected chi connectivity index (χ3v) is 4.87. The number of tetrazole rings is 1. The highest BCUT2D eigenvalue weighted by Gasteiger charge is 2.25. The average molecular weight is 297 g/mol. The molecule has 8 heteroatoms. The standard InChI is InChI=1S/C12H19N5O2S/c18-11-10(5-1-2-6-13-11)20-12-14-15-16-17(12)8-9-4-3-7-19-9/h9-10H,1-8H2,(H,13,18)/t9-,10+/m0/s1. The highest BCUT2D eigenvalue weighted by Crippen LogP contribution is 2.26. The molecular weight excluding hydrogens is 278 g/mol. The molecule has 0 bridgehead atoms. The number of aromatic nitrogens is 4. The minimum absolute atomic E-state index is 0.0910. The van der Waals surface area contributed by atoms with Gasteiger partial charge >= 0.3 is 0 Å². The van der Waals surface area contributed by atoms with Crippen molar-refractivity contribution in [1.29, 1.82) is 0 Å². The lowest BCUT2D eigenvalue weighted by molar-refractivity contribution is -0.120. The normalized spacial score (nSPS) is 27.3. The van der Waals surface area contributed by atoms with Crippen LogP contribution in [0.2, 0.25) is 0 Å². The maximum Gasteiger partial charge on any atom is 0.233 e. The molecule has 2 atom stereocenters. The van der Waals surface area contributed by atoms with Crippen LogP contribution in [-0.2, 0) is 16.1 Å². The summed E-state index contributed by atoms with van der Waals surface area (Å²) in [6.45, 7) is 2.26. The van der Waals surface area contributed by atoms with Gasteiger partial charge in [0.25, 0.3) is 0 Å². The van der Waals surface area contributed by atoms with E-state index in [1.54, 1.807) is 4.68 Å². The van der Waals surface area contributed by atoms with Crippen molar-refractivity contribution in [3.05, 3.63) is 0 Å². The third-order valence-electron chi connectivity index (χ3n) is 3.63. The Morgan fingerprint density at radius 1 is 1.35 bits per heavy atom. The van der Waals surface area contributed by atoms with E-state index in [0.717, 1.165) is 45.3 Å². The summed E-state index contributed by atoms with van der Waals surface area (Å²) < 4.78 is 7.37. The summed E-state index contributed by atoms with van der Waals surface area (Å²) in [5.74, 6) is 0.0965. The molecule has 2 aliphatic heterocycles. The quantitative estimate of drug-likeness (QED) is 0.877. The van der Waals surface area contributed by atoms with Gasteiger partial charge in [-0.25, -0.2) is 4.68 Å². The highest BCUT2D eigenvalue weighted by atomic mass is 32.2. The van der Waals surface area contributed by atoms with E-state index in [-0.39, 0.29) is 17.3 Å². The molecule has 2 saturated heterocycles. The lowest BCUT2D eigenvalue weighted by Crippen LogP contribution is -2.31. The van der Waals surface area contributed by atoms with Crippen LogP contribution in [0.15, 0.2) is 5.16 Å². The number of hydrogen-bond acceptors (Lipinski definition) is 6. The molecule has 0 radical (unpaired) electrons. The number of amides is 1. The summed E-state index contributed by atoms with van der Waals surface area (Å²) in [4.78, 5) is 12.0. The zero-order chi connectivity index (χ0) is 13.8. The first-order valence-corrected chi connectivity index (χ1v) is 8.03. The molecular formula is C12H19N5O2S. The molecule has 0 saturated carbocycles. The Labute approximate surface area is 121 Å². The molecule has 20 heavy (non-hydrogen) atoms. The number of carbonyl (C=O) groups is 1. The van der Waals surface area contributed by atoms with Crippen molar-refractivity contribution in [2.45, 2.75) is 55.2 Å². The van der Waals surface area contributed by atoms with Crippen LogP contribution in [-0.4, -0.2) is 50.6 Å². The number of nitrogens with one attached hydrogen (secondary N) is 1. The fraction of sp³-hybridized carbons (Fsp3) is 0.833. The van der Waals surface area contributed by atoms with Gasteiger partial charge in [0.2, 0.25) is 11.1 Å². The highest BCUT2D eigenvalue weighted by molar-refractivity contribution is 8.00. The van der Waals surface area contributed by atoms with Crippen molar-refractivity contribution >= 4 is 17.7 Å². The molecule has 1 amide bonds. The van der Waals surface area contributed by atoms with E-state index in [1.165, 1.54) is 11.8 Å². The minimum atomic E-state index is -0.0910. The summed E-state index contributed by atoms with van der Waals surface area (Å²) in [6, 6.07) is 0. The number of rotatable bonds is 4. The van der Waals surface area contributed by atoms with Gasteiger partial charge in [0.15, 0.2) is 0 Å². The van der Waals surface area contributed by atoms with Crippen molar-refractivity contribution in [2.24, 2.45) is 0 Å². The Morgan fingerprint density at radius 2 is 2.30 bits per heavy atom. The van der Waals surface area contributed by atoms with Crippen LogP contribution in [0.5, 0.6) is 0 Å². The molecule has 2 aliphatic rings. The van der Waals surface area contributed by atoms with Gasteiger partial charge in [-0.15, -0.1) is 5.10 Å². The zero-order valence-electron chi connectivity index (χ0n) is 11.3. The topological polar surface area (TPSA) is 81.9 Å². The number of thioether (sulfide) groups is 1. The summed E-state index contributed by atoms with van der Waals surface area (Å²) in [6.07, 6.45) is 5.32. The summed E-state index contributed by atoms with van der Waals surface area (Å²) in [7, 11) is 0. The lowest BCUT2D eigenvalue weighted by Gasteiger charge is -2.13. The molecule has 110 valence electrons. The summed E-state index contributed by atoms with van der Waals surface area (Å²) in [5, 5.41) is 15.4. The molecule has 2 fully saturated rings. The maximum absolute atomic E-state index is 12.0. The number of nitrogens with zero attached hydrogens (tertiary/aromatic N) is 4. The smallest absolute Gasteiger partial charge is 0.233 e. The second-order valence-electron chi connectivity index (χ2n) is 5.17. The van der Waals surface area contributed by atoms with E-state index in [2.05, 4.69) is 20.8 Å². The SMILES string of the molecule is O=C1NCCCC[C@H]1Sc1nnnn1C[C@@H]1CCCO1. The number of hydrogen-bond donors (Lipinski definition) is 1. The summed E-state index contributed by atoms with van der Waals surface area (Å²) in [5.41, 5.74) is 0. The van der Waals surface area contributed by atoms with Crippen molar-refractivity contribution in [3.63, 3.8) is 0 Å². The fourth-order valence-corrected chi connectivity index (χ4v) is 3.57. The molecule has 0 spiro atoms. The first-order valence-electron chi connectivity index (χ1n) is 7.15. The predicted molar refractivity (Wildman–Crippen MR) is 73.3 cm³/mol. The van der Waals surface area contributed by atoms with Crippen LogP contribution in [0.4, 0.5) is 0 Å². The Hall–Kier alpha value is -1.15. The average Bonchev–Trinajstić information content (AvgIpc) is 3.05. The second-order valence-corrected chi connectivity index (χ2v) is 6.34. The van der Waals surface area contributed by atoms with Gasteiger partial charge in [-0.1, -0.05) is 18.2 Å². The second kappa shape index (κ2) is 6.53. The van der Waals surface area contributed by atoms with E-state index < -0.39 is 0 Å². The van der Waals surface area contributed by atoms with Crippen LogP contribution >= 0.6 is 11.8 Å². The van der Waals surface area contributed by atoms with E-state index in [0.29, 0.717) is 11.7 Å². The van der Waals surface area contributed by atoms with Crippen LogP contribution in [0, 0.1) is 0 Å². The van der Waals surface area contributed by atoms with Crippen molar-refractivity contribution < 1.29 is 9.53 Å². The molecule has 7 nitrogen and oxygen atoms in total. The van der Waals surface area contributed by atoms with Crippen LogP contribution < -0.4 is 5.32 Å². The van der Waals surface area contributed by atoms with E-state index >= 15 is 0 Å². The molecule has 0 unspecified atom stereocenters. The minimum Gasteiger partial charge on any atom is -0.376 e. The van der Waals surface area contributed by atoms with Crippen LogP contribution in [0.25, 0.3) is 0 Å². The van der Waals surface area contributed by atoms with E-state index in [4.69, 9.17) is 4.74 Å². The van der Waals surface area contributed by atoms with Gasteiger partial charge in [-0.05, 0) is 36.1 Å². The number of ether oxygens (including phenoxy) is 1. The van der Waals surface area contributed by atoms with Crippen molar-refractivity contribution in [3.8, 4) is 0 Å². The molecule has 0 aromatic carbocycles. The molecule has 1 aromatic rings. The van der Waals surface area contributed by atoms with E-state index in [1.807, 2.05) is 0 Å². The Balaban J connectivity index is 1.64.